The molecule has 2 aromatic heterocycles. The van der Waals surface area contributed by atoms with E-state index in [1.807, 2.05) is 0 Å². The van der Waals surface area contributed by atoms with Gasteiger partial charge in [-0.15, -0.1) is 0 Å². The zero-order valence-electron chi connectivity index (χ0n) is 9.65. The number of hydrogen-bond donors (Lipinski definition) is 1. The summed E-state index contributed by atoms with van der Waals surface area (Å²) in [4.78, 5) is 22.9. The molecule has 0 aliphatic carbocycles. The third-order valence-corrected chi connectivity index (χ3v) is 2.59. The minimum Gasteiger partial charge on any atom is -0.304 e. The Labute approximate surface area is 119 Å². The highest BCUT2D eigenvalue weighted by molar-refractivity contribution is 9.10. The molecule has 2 heterocycles. The highest BCUT2D eigenvalue weighted by atomic mass is 79.9. The van der Waals surface area contributed by atoms with Crippen molar-refractivity contribution in [1.82, 2.24) is 15.0 Å². The molecule has 1 amide bonds. The molecule has 20 heavy (non-hydrogen) atoms. The lowest BCUT2D eigenvalue weighted by Gasteiger charge is -2.07. The van der Waals surface area contributed by atoms with Crippen LogP contribution in [0.15, 0.2) is 35.3 Å². The third kappa shape index (κ3) is 3.50. The van der Waals surface area contributed by atoms with E-state index in [4.69, 9.17) is 0 Å². The molecule has 0 fully saturated rings. The zero-order chi connectivity index (χ0) is 14.8. The van der Waals surface area contributed by atoms with Gasteiger partial charge in [0.1, 0.15) is 10.3 Å². The second-order valence-corrected chi connectivity index (χ2v) is 4.42. The van der Waals surface area contributed by atoms with E-state index in [0.29, 0.717) is 10.8 Å². The average molecular weight is 347 g/mol. The summed E-state index contributed by atoms with van der Waals surface area (Å²) < 4.78 is 37.5. The Morgan fingerprint density at radius 1 is 1.10 bits per heavy atom. The second-order valence-electron chi connectivity index (χ2n) is 3.61. The number of amides is 1. The first-order valence-corrected chi connectivity index (χ1v) is 5.98. The van der Waals surface area contributed by atoms with Gasteiger partial charge in [-0.25, -0.2) is 9.97 Å². The van der Waals surface area contributed by atoms with Gasteiger partial charge >= 0.3 is 6.18 Å². The van der Waals surface area contributed by atoms with Gasteiger partial charge in [-0.05, 0) is 28.1 Å². The van der Waals surface area contributed by atoms with Crippen molar-refractivity contribution in [2.75, 3.05) is 5.32 Å². The van der Waals surface area contributed by atoms with Gasteiger partial charge in [0.15, 0.2) is 5.82 Å². The van der Waals surface area contributed by atoms with Crippen molar-refractivity contribution in [3.05, 3.63) is 46.6 Å². The molecule has 0 radical (unpaired) electrons. The van der Waals surface area contributed by atoms with Crippen LogP contribution in [0.4, 0.5) is 19.0 Å². The molecule has 0 aromatic carbocycles. The monoisotopic (exact) mass is 346 g/mol. The van der Waals surface area contributed by atoms with E-state index >= 15 is 0 Å². The van der Waals surface area contributed by atoms with Crippen molar-refractivity contribution in [3.63, 3.8) is 0 Å². The minimum atomic E-state index is -4.49. The van der Waals surface area contributed by atoms with Crippen LogP contribution in [-0.2, 0) is 6.18 Å². The van der Waals surface area contributed by atoms with Crippen LogP contribution in [-0.4, -0.2) is 20.9 Å². The van der Waals surface area contributed by atoms with E-state index in [1.54, 1.807) is 0 Å². The van der Waals surface area contributed by atoms with Gasteiger partial charge in [-0.3, -0.25) is 9.78 Å². The lowest BCUT2D eigenvalue weighted by Crippen LogP contribution is -2.15. The summed E-state index contributed by atoms with van der Waals surface area (Å²) in [6.45, 7) is 0. The molecule has 5 nitrogen and oxygen atoms in total. The number of carbonyl (C=O) groups is 1. The van der Waals surface area contributed by atoms with Crippen molar-refractivity contribution in [3.8, 4) is 0 Å². The number of nitrogens with zero attached hydrogens (tertiary/aromatic N) is 3. The van der Waals surface area contributed by atoms with Gasteiger partial charge < -0.3 is 5.32 Å². The molecular weight excluding hydrogens is 341 g/mol. The van der Waals surface area contributed by atoms with Crippen LogP contribution in [0.3, 0.4) is 0 Å². The number of rotatable bonds is 2. The Morgan fingerprint density at radius 3 is 2.35 bits per heavy atom. The molecule has 0 bridgehead atoms. The van der Waals surface area contributed by atoms with E-state index in [2.05, 4.69) is 36.2 Å². The Balaban J connectivity index is 2.11. The first-order valence-electron chi connectivity index (χ1n) is 5.18. The molecule has 0 atom stereocenters. The van der Waals surface area contributed by atoms with E-state index in [9.17, 15) is 18.0 Å². The molecule has 0 spiro atoms. The zero-order valence-corrected chi connectivity index (χ0v) is 11.2. The molecule has 0 aliphatic heterocycles. The Morgan fingerprint density at radius 2 is 1.85 bits per heavy atom. The Bertz CT molecular complexity index is 613. The molecule has 0 aliphatic rings. The largest absolute Gasteiger partial charge is 0.417 e. The van der Waals surface area contributed by atoms with Crippen molar-refractivity contribution >= 4 is 27.7 Å². The van der Waals surface area contributed by atoms with Crippen LogP contribution in [0.1, 0.15) is 16.1 Å². The molecule has 2 rings (SSSR count). The molecule has 104 valence electrons. The summed E-state index contributed by atoms with van der Waals surface area (Å²) in [5.74, 6) is -0.504. The molecule has 0 saturated carbocycles. The van der Waals surface area contributed by atoms with E-state index in [0.717, 1.165) is 12.1 Å². The number of anilines is 1. The first-order chi connectivity index (χ1) is 9.36. The fraction of sp³-hybridized carbons (Fsp3) is 0.0909. The van der Waals surface area contributed by atoms with Gasteiger partial charge in [0.05, 0.1) is 18.0 Å². The Kier molecular flexibility index (Phi) is 3.98. The van der Waals surface area contributed by atoms with Crippen LogP contribution in [0.25, 0.3) is 0 Å². The van der Waals surface area contributed by atoms with Crippen molar-refractivity contribution in [2.24, 2.45) is 0 Å². The molecule has 9 heteroatoms. The minimum absolute atomic E-state index is 0.150. The van der Waals surface area contributed by atoms with Gasteiger partial charge in [0.25, 0.3) is 5.91 Å². The summed E-state index contributed by atoms with van der Waals surface area (Å²) in [5, 5.41) is 2.37. The first kappa shape index (κ1) is 14.4. The number of hydrogen-bond acceptors (Lipinski definition) is 4. The predicted octanol–water partition coefficient (Wildman–Crippen LogP) is 2.91. The van der Waals surface area contributed by atoms with Crippen molar-refractivity contribution in [1.29, 1.82) is 0 Å². The maximum absolute atomic E-state index is 12.3. The van der Waals surface area contributed by atoms with Gasteiger partial charge in [0.2, 0.25) is 0 Å². The fourth-order valence-electron chi connectivity index (χ4n) is 1.25. The van der Waals surface area contributed by atoms with Gasteiger partial charge in [0, 0.05) is 6.20 Å². The summed E-state index contributed by atoms with van der Waals surface area (Å²) >= 11 is 3.08. The summed E-state index contributed by atoms with van der Waals surface area (Å²) in [7, 11) is 0. The average Bonchev–Trinajstić information content (AvgIpc) is 2.40. The Hall–Kier alpha value is -2.03. The van der Waals surface area contributed by atoms with Crippen LogP contribution in [0.2, 0.25) is 0 Å². The number of nitrogens with one attached hydrogen (secondary N) is 1. The van der Waals surface area contributed by atoms with Crippen LogP contribution >= 0.6 is 15.9 Å². The second kappa shape index (κ2) is 5.53. The normalized spacial score (nSPS) is 11.2. The number of carbonyl (C=O) groups excluding carboxylic acids is 1. The lowest BCUT2D eigenvalue weighted by atomic mass is 10.2. The highest BCUT2D eigenvalue weighted by Gasteiger charge is 2.30. The van der Waals surface area contributed by atoms with Gasteiger partial charge in [-0.2, -0.15) is 13.2 Å². The fourth-order valence-corrected chi connectivity index (χ4v) is 1.46. The molecule has 0 saturated heterocycles. The number of alkyl halides is 3. The topological polar surface area (TPSA) is 67.8 Å². The summed E-state index contributed by atoms with van der Waals surface area (Å²) in [6, 6.07) is 1.78. The molecule has 0 unspecified atom stereocenters. The summed E-state index contributed by atoms with van der Waals surface area (Å²) in [6.07, 6.45) is -1.22. The molecular formula is C11H6BrF3N4O. The molecule has 1 N–H and O–H groups in total. The summed E-state index contributed by atoms with van der Waals surface area (Å²) in [5.41, 5.74) is -1.07. The van der Waals surface area contributed by atoms with E-state index in [-0.39, 0.29) is 11.5 Å². The van der Waals surface area contributed by atoms with Crippen LogP contribution < -0.4 is 5.32 Å². The number of halogens is 4. The quantitative estimate of drug-likeness (QED) is 0.907. The predicted molar refractivity (Wildman–Crippen MR) is 66.9 cm³/mol. The van der Waals surface area contributed by atoms with Gasteiger partial charge in [-0.1, -0.05) is 0 Å². The lowest BCUT2D eigenvalue weighted by molar-refractivity contribution is -0.137. The van der Waals surface area contributed by atoms with Crippen LogP contribution in [0.5, 0.6) is 0 Å². The SMILES string of the molecule is O=C(Nc1cnc(Br)cn1)c1ccc(C(F)(F)F)cn1. The van der Waals surface area contributed by atoms with Crippen molar-refractivity contribution in [2.45, 2.75) is 6.18 Å². The van der Waals surface area contributed by atoms with Crippen molar-refractivity contribution < 1.29 is 18.0 Å². The third-order valence-electron chi connectivity index (χ3n) is 2.19. The van der Waals surface area contributed by atoms with E-state index < -0.39 is 17.6 Å². The highest BCUT2D eigenvalue weighted by Crippen LogP contribution is 2.28. The molecule has 2 aromatic rings. The standard InChI is InChI=1S/C11H6BrF3N4O/c12-8-4-18-9(5-17-8)19-10(20)7-2-1-6(3-16-7)11(13,14)15/h1-5H,(H,18,19,20). The number of pyridine rings is 1. The maximum atomic E-state index is 12.3. The number of aromatic nitrogens is 3. The van der Waals surface area contributed by atoms with Crippen LogP contribution in [0, 0.1) is 0 Å². The smallest absolute Gasteiger partial charge is 0.304 e. The van der Waals surface area contributed by atoms with E-state index in [1.165, 1.54) is 12.4 Å². The maximum Gasteiger partial charge on any atom is 0.417 e.